The predicted molar refractivity (Wildman–Crippen MR) is 99.1 cm³/mol. The lowest BCUT2D eigenvalue weighted by molar-refractivity contribution is -0.153. The van der Waals surface area contributed by atoms with E-state index in [0.717, 1.165) is 31.2 Å². The van der Waals surface area contributed by atoms with E-state index in [1.807, 2.05) is 30.3 Å². The lowest BCUT2D eigenvalue weighted by atomic mass is 10.1. The molecular weight excluding hydrogens is 338 g/mol. The minimum Gasteiger partial charge on any atom is -0.467 e. The van der Waals surface area contributed by atoms with Crippen molar-refractivity contribution in [2.75, 3.05) is 19.5 Å². The summed E-state index contributed by atoms with van der Waals surface area (Å²) < 4.78 is 10.5. The van der Waals surface area contributed by atoms with E-state index < -0.39 is 6.04 Å². The van der Waals surface area contributed by atoms with Crippen LogP contribution in [0.15, 0.2) is 30.3 Å². The Morgan fingerprint density at radius 2 is 2.00 bits per heavy atom. The summed E-state index contributed by atoms with van der Waals surface area (Å²) in [5.41, 5.74) is 1.02. The largest absolute Gasteiger partial charge is 0.467 e. The fourth-order valence-corrected chi connectivity index (χ4v) is 4.37. The number of methoxy groups -OCH3 is 1. The van der Waals surface area contributed by atoms with Crippen molar-refractivity contribution >= 4 is 23.6 Å². The zero-order valence-corrected chi connectivity index (χ0v) is 15.8. The second kappa shape index (κ2) is 10.5. The van der Waals surface area contributed by atoms with Gasteiger partial charge in [-0.1, -0.05) is 56.5 Å². The first-order chi connectivity index (χ1) is 12.2. The highest BCUT2D eigenvalue weighted by atomic mass is 32.2. The van der Waals surface area contributed by atoms with Crippen molar-refractivity contribution in [2.45, 2.75) is 50.6 Å². The Hall–Kier alpha value is -1.53. The second-order valence-corrected chi connectivity index (χ2v) is 7.31. The monoisotopic (exact) mass is 365 g/mol. The third kappa shape index (κ3) is 5.75. The lowest BCUT2D eigenvalue weighted by Gasteiger charge is -2.28. The SMILES string of the molecule is CCCCCC1SCC(C(=O)OC)N1C(=O)COCc1ccccc1. The van der Waals surface area contributed by atoms with Crippen LogP contribution in [0.2, 0.25) is 0 Å². The van der Waals surface area contributed by atoms with Crippen LogP contribution in [0.1, 0.15) is 38.2 Å². The maximum Gasteiger partial charge on any atom is 0.329 e. The van der Waals surface area contributed by atoms with Crippen molar-refractivity contribution in [2.24, 2.45) is 0 Å². The predicted octanol–water partition coefficient (Wildman–Crippen LogP) is 3.23. The van der Waals surface area contributed by atoms with Gasteiger partial charge in [0.25, 0.3) is 0 Å². The Kier molecular flexibility index (Phi) is 8.28. The summed E-state index contributed by atoms with van der Waals surface area (Å²) in [6.07, 6.45) is 4.21. The minimum atomic E-state index is -0.505. The zero-order valence-electron chi connectivity index (χ0n) is 15.0. The van der Waals surface area contributed by atoms with Crippen molar-refractivity contribution in [1.29, 1.82) is 0 Å². The molecule has 25 heavy (non-hydrogen) atoms. The molecule has 0 spiro atoms. The van der Waals surface area contributed by atoms with Gasteiger partial charge in [0.05, 0.1) is 19.1 Å². The Bertz CT molecular complexity index is 552. The van der Waals surface area contributed by atoms with Crippen LogP contribution in [0.25, 0.3) is 0 Å². The summed E-state index contributed by atoms with van der Waals surface area (Å²) in [5, 5.41) is 0.0310. The Labute approximate surface area is 154 Å². The number of carbonyl (C=O) groups excluding carboxylic acids is 2. The number of carbonyl (C=O) groups is 2. The number of amides is 1. The molecule has 5 nitrogen and oxygen atoms in total. The van der Waals surface area contributed by atoms with E-state index in [1.165, 1.54) is 7.11 Å². The lowest BCUT2D eigenvalue weighted by Crippen LogP contribution is -2.47. The van der Waals surface area contributed by atoms with Crippen LogP contribution in [-0.4, -0.2) is 47.7 Å². The molecule has 1 saturated heterocycles. The molecule has 1 fully saturated rings. The van der Waals surface area contributed by atoms with E-state index >= 15 is 0 Å². The molecule has 0 aromatic heterocycles. The van der Waals surface area contributed by atoms with E-state index in [-0.39, 0.29) is 23.9 Å². The topological polar surface area (TPSA) is 55.8 Å². The smallest absolute Gasteiger partial charge is 0.329 e. The zero-order chi connectivity index (χ0) is 18.1. The summed E-state index contributed by atoms with van der Waals surface area (Å²) in [7, 11) is 1.37. The number of hydrogen-bond donors (Lipinski definition) is 0. The van der Waals surface area contributed by atoms with E-state index in [4.69, 9.17) is 9.47 Å². The first kappa shape index (κ1) is 19.8. The molecule has 0 saturated carbocycles. The summed E-state index contributed by atoms with van der Waals surface area (Å²) >= 11 is 1.66. The van der Waals surface area contributed by atoms with Gasteiger partial charge in [0.2, 0.25) is 5.91 Å². The number of ether oxygens (including phenoxy) is 2. The van der Waals surface area contributed by atoms with E-state index in [0.29, 0.717) is 12.4 Å². The molecule has 1 aromatic carbocycles. The molecule has 138 valence electrons. The molecule has 2 unspecified atom stereocenters. The highest BCUT2D eigenvalue weighted by Crippen LogP contribution is 2.33. The highest BCUT2D eigenvalue weighted by Gasteiger charge is 2.41. The van der Waals surface area contributed by atoms with Crippen LogP contribution < -0.4 is 0 Å². The highest BCUT2D eigenvalue weighted by molar-refractivity contribution is 8.00. The maximum atomic E-state index is 12.7. The third-order valence-electron chi connectivity index (χ3n) is 4.25. The number of thioether (sulfide) groups is 1. The Morgan fingerprint density at radius 3 is 2.68 bits per heavy atom. The number of esters is 1. The van der Waals surface area contributed by atoms with Gasteiger partial charge in [-0.3, -0.25) is 4.79 Å². The van der Waals surface area contributed by atoms with E-state index in [1.54, 1.807) is 16.7 Å². The van der Waals surface area contributed by atoms with Crippen molar-refractivity contribution in [3.63, 3.8) is 0 Å². The van der Waals surface area contributed by atoms with Gasteiger partial charge < -0.3 is 14.4 Å². The Balaban J connectivity index is 1.93. The summed E-state index contributed by atoms with van der Waals surface area (Å²) in [6.45, 7) is 2.52. The maximum absolute atomic E-state index is 12.7. The number of rotatable bonds is 9. The quantitative estimate of drug-likeness (QED) is 0.497. The van der Waals surface area contributed by atoms with Gasteiger partial charge in [0.1, 0.15) is 12.6 Å². The van der Waals surface area contributed by atoms with Crippen LogP contribution in [0.3, 0.4) is 0 Å². The minimum absolute atomic E-state index is 0.0206. The number of hydrogen-bond acceptors (Lipinski definition) is 5. The Morgan fingerprint density at radius 1 is 1.24 bits per heavy atom. The van der Waals surface area contributed by atoms with Crippen LogP contribution in [0, 0.1) is 0 Å². The van der Waals surface area contributed by atoms with Gasteiger partial charge in [-0.15, -0.1) is 11.8 Å². The molecule has 6 heteroatoms. The van der Waals surface area contributed by atoms with Crippen LogP contribution in [0.5, 0.6) is 0 Å². The number of nitrogens with zero attached hydrogens (tertiary/aromatic N) is 1. The first-order valence-electron chi connectivity index (χ1n) is 8.79. The average molecular weight is 365 g/mol. The van der Waals surface area contributed by atoms with Gasteiger partial charge in [0.15, 0.2) is 0 Å². The standard InChI is InChI=1S/C19H27NO4S/c1-3-4-6-11-18-20(16(14-25-18)19(22)23-2)17(21)13-24-12-15-9-7-5-8-10-15/h5,7-10,16,18H,3-4,6,11-14H2,1-2H3. The summed E-state index contributed by atoms with van der Waals surface area (Å²) in [4.78, 5) is 26.4. The van der Waals surface area contributed by atoms with Crippen molar-refractivity contribution in [3.05, 3.63) is 35.9 Å². The van der Waals surface area contributed by atoms with Crippen molar-refractivity contribution in [1.82, 2.24) is 4.90 Å². The van der Waals surface area contributed by atoms with Crippen LogP contribution >= 0.6 is 11.8 Å². The first-order valence-corrected chi connectivity index (χ1v) is 9.84. The van der Waals surface area contributed by atoms with Gasteiger partial charge in [-0.05, 0) is 12.0 Å². The molecule has 1 amide bonds. The van der Waals surface area contributed by atoms with Gasteiger partial charge >= 0.3 is 5.97 Å². The summed E-state index contributed by atoms with van der Waals surface area (Å²) in [6, 6.07) is 9.23. The molecule has 0 aliphatic carbocycles. The number of benzene rings is 1. The molecule has 0 bridgehead atoms. The molecule has 1 aromatic rings. The number of unbranched alkanes of at least 4 members (excludes halogenated alkanes) is 2. The fourth-order valence-electron chi connectivity index (χ4n) is 2.91. The third-order valence-corrected chi connectivity index (χ3v) is 5.60. The molecule has 0 radical (unpaired) electrons. The van der Waals surface area contributed by atoms with Crippen LogP contribution in [-0.2, 0) is 25.7 Å². The molecule has 2 rings (SSSR count). The second-order valence-electron chi connectivity index (χ2n) is 6.10. The normalized spacial score (nSPS) is 19.8. The van der Waals surface area contributed by atoms with Crippen LogP contribution in [0.4, 0.5) is 0 Å². The van der Waals surface area contributed by atoms with Gasteiger partial charge in [0, 0.05) is 5.75 Å². The molecule has 1 aliphatic rings. The summed E-state index contributed by atoms with van der Waals surface area (Å²) in [5.74, 6) is 0.105. The van der Waals surface area contributed by atoms with Gasteiger partial charge in [-0.2, -0.15) is 0 Å². The molecule has 2 atom stereocenters. The molecule has 1 heterocycles. The van der Waals surface area contributed by atoms with Crippen molar-refractivity contribution < 1.29 is 19.1 Å². The van der Waals surface area contributed by atoms with Crippen molar-refractivity contribution in [3.8, 4) is 0 Å². The van der Waals surface area contributed by atoms with E-state index in [2.05, 4.69) is 6.92 Å². The molecular formula is C19H27NO4S. The fraction of sp³-hybridized carbons (Fsp3) is 0.579. The molecule has 1 aliphatic heterocycles. The average Bonchev–Trinajstić information content (AvgIpc) is 3.06. The molecule has 0 N–H and O–H groups in total. The van der Waals surface area contributed by atoms with Gasteiger partial charge in [-0.25, -0.2) is 4.79 Å². The van der Waals surface area contributed by atoms with E-state index in [9.17, 15) is 9.59 Å².